The summed E-state index contributed by atoms with van der Waals surface area (Å²) >= 11 is 13.7. The summed E-state index contributed by atoms with van der Waals surface area (Å²) in [6.07, 6.45) is 3.94. The predicted octanol–water partition coefficient (Wildman–Crippen LogP) is 4.41. The second-order valence-electron chi connectivity index (χ2n) is 5.16. The number of thioether (sulfide) groups is 1. The number of halogens is 2. The molecule has 1 aliphatic rings. The van der Waals surface area contributed by atoms with Gasteiger partial charge in [-0.15, -0.1) is 11.8 Å². The van der Waals surface area contributed by atoms with Crippen LogP contribution in [0.25, 0.3) is 0 Å². The number of aliphatic carboxylic acids is 1. The van der Waals surface area contributed by atoms with Crippen molar-refractivity contribution in [3.05, 3.63) is 28.2 Å². The van der Waals surface area contributed by atoms with Crippen molar-refractivity contribution >= 4 is 40.9 Å². The lowest BCUT2D eigenvalue weighted by molar-refractivity contribution is -0.143. The molecule has 116 valence electrons. The summed E-state index contributed by atoms with van der Waals surface area (Å²) < 4.78 is 0. The van der Waals surface area contributed by atoms with E-state index in [-0.39, 0.29) is 6.04 Å². The van der Waals surface area contributed by atoms with Crippen LogP contribution in [0.2, 0.25) is 10.0 Å². The van der Waals surface area contributed by atoms with Gasteiger partial charge in [-0.05, 0) is 37.6 Å². The Morgan fingerprint density at radius 2 is 2.14 bits per heavy atom. The quantitative estimate of drug-likeness (QED) is 0.800. The highest BCUT2D eigenvalue weighted by molar-refractivity contribution is 7.99. The Kier molecular flexibility index (Phi) is 6.68. The van der Waals surface area contributed by atoms with Crippen LogP contribution in [0, 0.1) is 0 Å². The monoisotopic (exact) mass is 347 g/mol. The Hall–Kier alpha value is -0.420. The molecule has 2 rings (SSSR count). The molecule has 0 saturated carbocycles. The van der Waals surface area contributed by atoms with Gasteiger partial charge in [-0.1, -0.05) is 36.0 Å². The van der Waals surface area contributed by atoms with Gasteiger partial charge >= 0.3 is 5.97 Å². The third kappa shape index (κ3) is 5.06. The lowest BCUT2D eigenvalue weighted by Gasteiger charge is -2.26. The second-order valence-corrected chi connectivity index (χ2v) is 7.14. The summed E-state index contributed by atoms with van der Waals surface area (Å²) in [5.74, 6) is 0.104. The van der Waals surface area contributed by atoms with Crippen molar-refractivity contribution in [2.24, 2.45) is 0 Å². The van der Waals surface area contributed by atoms with Crippen molar-refractivity contribution in [2.45, 2.75) is 36.6 Å². The van der Waals surface area contributed by atoms with Crippen molar-refractivity contribution in [1.29, 1.82) is 0 Å². The molecular weight excluding hydrogens is 329 g/mol. The molecule has 0 bridgehead atoms. The smallest absolute Gasteiger partial charge is 0.320 e. The van der Waals surface area contributed by atoms with Crippen molar-refractivity contribution in [1.82, 2.24) is 4.90 Å². The fourth-order valence-corrected chi connectivity index (χ4v) is 4.06. The van der Waals surface area contributed by atoms with E-state index < -0.39 is 5.97 Å². The molecule has 6 heteroatoms. The summed E-state index contributed by atoms with van der Waals surface area (Å²) in [4.78, 5) is 14.4. The zero-order valence-corrected chi connectivity index (χ0v) is 14.1. The van der Waals surface area contributed by atoms with Crippen molar-refractivity contribution in [2.75, 3.05) is 18.8 Å². The van der Waals surface area contributed by atoms with E-state index in [0.717, 1.165) is 49.4 Å². The molecule has 0 spiro atoms. The zero-order valence-electron chi connectivity index (χ0n) is 11.7. The van der Waals surface area contributed by atoms with Crippen LogP contribution < -0.4 is 0 Å². The maximum atomic E-state index is 11.4. The minimum Gasteiger partial charge on any atom is -0.480 e. The van der Waals surface area contributed by atoms with Crippen LogP contribution in [0.4, 0.5) is 0 Å². The van der Waals surface area contributed by atoms with E-state index in [1.807, 2.05) is 6.07 Å². The van der Waals surface area contributed by atoms with Gasteiger partial charge < -0.3 is 5.11 Å². The zero-order chi connectivity index (χ0) is 15.2. The average Bonchev–Trinajstić information content (AvgIpc) is 2.68. The Morgan fingerprint density at radius 1 is 1.33 bits per heavy atom. The highest BCUT2D eigenvalue weighted by atomic mass is 35.5. The van der Waals surface area contributed by atoms with Crippen LogP contribution in [-0.4, -0.2) is 40.9 Å². The van der Waals surface area contributed by atoms with Gasteiger partial charge in [0.25, 0.3) is 0 Å². The normalized spacial score (nSPS) is 20.2. The molecule has 1 N–H and O–H groups in total. The number of carboxylic acid groups (broad SMARTS) is 1. The van der Waals surface area contributed by atoms with Gasteiger partial charge in [-0.3, -0.25) is 9.69 Å². The van der Waals surface area contributed by atoms with Gasteiger partial charge in [0.05, 0.1) is 5.02 Å². The van der Waals surface area contributed by atoms with E-state index >= 15 is 0 Å². The predicted molar refractivity (Wildman–Crippen MR) is 88.7 cm³/mol. The molecule has 1 aliphatic heterocycles. The average molecular weight is 348 g/mol. The van der Waals surface area contributed by atoms with Gasteiger partial charge in [0.15, 0.2) is 0 Å². The summed E-state index contributed by atoms with van der Waals surface area (Å²) in [5, 5.41) is 10.7. The molecule has 1 heterocycles. The van der Waals surface area contributed by atoms with Gasteiger partial charge in [-0.25, -0.2) is 0 Å². The van der Waals surface area contributed by atoms with E-state index in [2.05, 4.69) is 4.90 Å². The van der Waals surface area contributed by atoms with Crippen molar-refractivity contribution < 1.29 is 9.90 Å². The standard InChI is InChI=1S/C15H19Cl2NO2S/c16-11-5-6-12(17)14(10-11)21-9-8-18-7-3-1-2-4-13(18)15(19)20/h5-6,10,13H,1-4,7-9H2,(H,19,20). The maximum Gasteiger partial charge on any atom is 0.320 e. The van der Waals surface area contributed by atoms with Crippen LogP contribution in [-0.2, 0) is 4.79 Å². The molecule has 0 aliphatic carbocycles. The summed E-state index contributed by atoms with van der Waals surface area (Å²) in [7, 11) is 0. The number of hydrogen-bond acceptors (Lipinski definition) is 3. The molecule has 0 radical (unpaired) electrons. The number of rotatable bonds is 5. The number of likely N-dealkylation sites (tertiary alicyclic amines) is 1. The van der Waals surface area contributed by atoms with E-state index in [9.17, 15) is 9.90 Å². The van der Waals surface area contributed by atoms with E-state index in [4.69, 9.17) is 23.2 Å². The number of hydrogen-bond donors (Lipinski definition) is 1. The van der Waals surface area contributed by atoms with E-state index in [1.54, 1.807) is 23.9 Å². The van der Waals surface area contributed by atoms with Crippen LogP contribution >= 0.6 is 35.0 Å². The van der Waals surface area contributed by atoms with Gasteiger partial charge in [0.1, 0.15) is 6.04 Å². The second kappa shape index (κ2) is 8.28. The Bertz CT molecular complexity index is 499. The van der Waals surface area contributed by atoms with E-state index in [0.29, 0.717) is 10.0 Å². The first kappa shape index (κ1) is 16.9. The number of carbonyl (C=O) groups is 1. The van der Waals surface area contributed by atoms with Crippen molar-refractivity contribution in [3.63, 3.8) is 0 Å². The van der Waals surface area contributed by atoms with Crippen LogP contribution in [0.3, 0.4) is 0 Å². The van der Waals surface area contributed by atoms with Gasteiger partial charge in [-0.2, -0.15) is 0 Å². The van der Waals surface area contributed by atoms with Crippen LogP contribution in [0.15, 0.2) is 23.1 Å². The minimum absolute atomic E-state index is 0.345. The molecule has 3 nitrogen and oxygen atoms in total. The molecule has 1 aromatic rings. The molecule has 1 saturated heterocycles. The number of carboxylic acids is 1. The van der Waals surface area contributed by atoms with Crippen LogP contribution in [0.1, 0.15) is 25.7 Å². The molecule has 1 aromatic carbocycles. The Morgan fingerprint density at radius 3 is 2.90 bits per heavy atom. The number of nitrogens with zero attached hydrogens (tertiary/aromatic N) is 1. The molecule has 1 unspecified atom stereocenters. The molecule has 21 heavy (non-hydrogen) atoms. The molecule has 0 amide bonds. The fraction of sp³-hybridized carbons (Fsp3) is 0.533. The third-order valence-electron chi connectivity index (χ3n) is 3.68. The largest absolute Gasteiger partial charge is 0.480 e. The van der Waals surface area contributed by atoms with Gasteiger partial charge in [0.2, 0.25) is 0 Å². The molecule has 0 aromatic heterocycles. The molecule has 1 fully saturated rings. The first-order valence-electron chi connectivity index (χ1n) is 7.12. The summed E-state index contributed by atoms with van der Waals surface area (Å²) in [6.45, 7) is 1.62. The Balaban J connectivity index is 1.91. The Labute approximate surface area is 139 Å². The SMILES string of the molecule is O=C(O)C1CCCCCN1CCSc1cc(Cl)ccc1Cl. The minimum atomic E-state index is -0.706. The highest BCUT2D eigenvalue weighted by Crippen LogP contribution is 2.30. The topological polar surface area (TPSA) is 40.5 Å². The summed E-state index contributed by atoms with van der Waals surface area (Å²) in [5.41, 5.74) is 0. The lowest BCUT2D eigenvalue weighted by atomic mass is 10.1. The lowest BCUT2D eigenvalue weighted by Crippen LogP contribution is -2.41. The highest BCUT2D eigenvalue weighted by Gasteiger charge is 2.26. The molecular formula is C15H19Cl2NO2S. The van der Waals surface area contributed by atoms with Crippen molar-refractivity contribution in [3.8, 4) is 0 Å². The maximum absolute atomic E-state index is 11.4. The fourth-order valence-electron chi connectivity index (χ4n) is 2.58. The first-order chi connectivity index (χ1) is 10.1. The number of benzene rings is 1. The first-order valence-corrected chi connectivity index (χ1v) is 8.87. The summed E-state index contributed by atoms with van der Waals surface area (Å²) in [6, 6.07) is 5.07. The van der Waals surface area contributed by atoms with E-state index in [1.165, 1.54) is 0 Å². The van der Waals surface area contributed by atoms with Crippen LogP contribution in [0.5, 0.6) is 0 Å². The molecule has 1 atom stereocenters. The third-order valence-corrected chi connectivity index (χ3v) is 5.39. The van der Waals surface area contributed by atoms with Gasteiger partial charge in [0, 0.05) is 22.2 Å².